The molecule has 1 rings (SSSR count). The van der Waals surface area contributed by atoms with Crippen molar-refractivity contribution in [2.24, 2.45) is 0 Å². The van der Waals surface area contributed by atoms with Crippen LogP contribution in [0, 0.1) is 31.1 Å². The molecule has 1 aromatic rings. The van der Waals surface area contributed by atoms with Crippen molar-refractivity contribution < 1.29 is 54.5 Å². The third-order valence-electron chi connectivity index (χ3n) is 1.17. The van der Waals surface area contributed by atoms with Crippen LogP contribution in [0.5, 0.6) is 0 Å². The van der Waals surface area contributed by atoms with Gasteiger partial charge in [-0.05, 0) is 11.6 Å². The Bertz CT molecular complexity index is 234. The van der Waals surface area contributed by atoms with E-state index in [0.29, 0.717) is 0 Å². The van der Waals surface area contributed by atoms with Gasteiger partial charge in [0, 0.05) is 49.7 Å². The largest absolute Gasteiger partial charge is 0.299 e. The topological polar surface area (TPSA) is 17.1 Å². The van der Waals surface area contributed by atoms with Crippen LogP contribution in [-0.4, -0.2) is 6.29 Å². The molecule has 0 aromatic heterocycles. The van der Waals surface area contributed by atoms with E-state index in [4.69, 9.17) is 0 Å². The van der Waals surface area contributed by atoms with E-state index >= 15 is 0 Å². The number of carbonyl (C=O) groups excluding carboxylic acids is 1. The molecule has 1 aromatic carbocycles. The van der Waals surface area contributed by atoms with Crippen molar-refractivity contribution >= 4 is 12.4 Å². The Balaban J connectivity index is 0. The molecule has 0 aliphatic carbocycles. The maximum Gasteiger partial charge on any atom is 0.142 e. The monoisotopic (exact) mass is 421 g/mol. The predicted octanol–water partition coefficient (Wildman–Crippen LogP) is 1.90. The van der Waals surface area contributed by atoms with Gasteiger partial charge in [0.2, 0.25) is 0 Å². The van der Waals surface area contributed by atoms with Crippen molar-refractivity contribution in [3.05, 3.63) is 42.0 Å². The molecule has 0 saturated carbocycles. The smallest absolute Gasteiger partial charge is 0.142 e. The summed E-state index contributed by atoms with van der Waals surface area (Å²) < 4.78 is 0. The molecule has 0 heterocycles. The van der Waals surface area contributed by atoms with Crippen molar-refractivity contribution in [3.8, 4) is 0 Å². The first-order valence-corrected chi connectivity index (χ1v) is 3.10. The van der Waals surface area contributed by atoms with Gasteiger partial charge in [0.15, 0.2) is 0 Å². The van der Waals surface area contributed by atoms with Crippen molar-refractivity contribution in [1.29, 1.82) is 0 Å². The fourth-order valence-corrected chi connectivity index (χ4v) is 0.715. The Morgan fingerprint density at radius 1 is 1.08 bits per heavy atom. The van der Waals surface area contributed by atoms with E-state index in [1.165, 1.54) is 6.08 Å². The molecule has 0 aliphatic rings. The molecule has 0 spiro atoms. The van der Waals surface area contributed by atoms with Gasteiger partial charge in [-0.25, -0.2) is 0 Å². The fourth-order valence-electron chi connectivity index (χ4n) is 0.715. The van der Waals surface area contributed by atoms with Crippen LogP contribution in [0.4, 0.5) is 0 Å². The Kier molecular flexibility index (Phi) is 11.5. The average Bonchev–Trinajstić information content (AvgIpc) is 2.03. The summed E-state index contributed by atoms with van der Waals surface area (Å²) in [7, 11) is 0. The summed E-state index contributed by atoms with van der Waals surface area (Å²) in [4.78, 5) is 9.89. The summed E-state index contributed by atoms with van der Waals surface area (Å²) >= 11 is 0. The molecular weight excluding hydrogens is 413 g/mol. The zero-order valence-electron chi connectivity index (χ0n) is 6.47. The van der Waals surface area contributed by atoms with Crippen LogP contribution in [0.3, 0.4) is 0 Å². The summed E-state index contributed by atoms with van der Waals surface area (Å²) in [5, 5.41) is 0. The van der Waals surface area contributed by atoms with E-state index in [-0.39, 0.29) is 49.7 Å². The second-order valence-corrected chi connectivity index (χ2v) is 1.91. The summed E-state index contributed by atoms with van der Waals surface area (Å²) in [6.07, 6.45) is 4.02. The first-order chi connectivity index (χ1) is 4.93. The first-order valence-electron chi connectivity index (χ1n) is 3.10. The Morgan fingerprint density at radius 3 is 2.17 bits per heavy atom. The van der Waals surface area contributed by atoms with Gasteiger partial charge in [-0.15, -0.1) is 0 Å². The van der Waals surface area contributed by atoms with E-state index < -0.39 is 0 Å². The van der Waals surface area contributed by atoms with Crippen molar-refractivity contribution in [1.82, 2.24) is 0 Å². The van der Waals surface area contributed by atoms with Gasteiger partial charge >= 0.3 is 0 Å². The molecule has 0 N–H and O–H groups in total. The summed E-state index contributed by atoms with van der Waals surface area (Å²) in [5.74, 6) is 0. The third kappa shape index (κ3) is 5.86. The minimum atomic E-state index is 0. The number of benzene rings is 1. The standard InChI is InChI=1S/C9H8O.U.V/c10-8-4-7-9-5-2-1-3-6-9;;/h1-8H;;. The Hall–Kier alpha value is 0.266. The molecular formula is C9H8OUV. The number of carbonyl (C=O) groups is 1. The summed E-state index contributed by atoms with van der Waals surface area (Å²) in [5.41, 5.74) is 1.05. The van der Waals surface area contributed by atoms with Gasteiger partial charge in [0.05, 0.1) is 0 Å². The van der Waals surface area contributed by atoms with Gasteiger partial charge in [0.25, 0.3) is 0 Å². The zero-order chi connectivity index (χ0) is 7.23. The molecule has 0 amide bonds. The number of hydrogen-bond donors (Lipinski definition) is 0. The predicted molar refractivity (Wildman–Crippen MR) is 41.5 cm³/mol. The van der Waals surface area contributed by atoms with E-state index in [2.05, 4.69) is 0 Å². The molecule has 0 aliphatic heterocycles. The molecule has 59 valence electrons. The number of allylic oxidation sites excluding steroid dienone is 1. The Labute approximate surface area is 108 Å². The molecule has 0 fully saturated rings. The van der Waals surface area contributed by atoms with Crippen LogP contribution < -0.4 is 0 Å². The van der Waals surface area contributed by atoms with Crippen molar-refractivity contribution in [3.63, 3.8) is 0 Å². The molecule has 1 radical (unpaired) electrons. The van der Waals surface area contributed by atoms with Crippen LogP contribution in [0.15, 0.2) is 36.4 Å². The van der Waals surface area contributed by atoms with E-state index in [1.54, 1.807) is 6.08 Å². The molecule has 1 nitrogen and oxygen atoms in total. The van der Waals surface area contributed by atoms with Gasteiger partial charge in [-0.3, -0.25) is 4.79 Å². The molecule has 12 heavy (non-hydrogen) atoms. The van der Waals surface area contributed by atoms with Crippen molar-refractivity contribution in [2.75, 3.05) is 0 Å². The number of aldehydes is 1. The van der Waals surface area contributed by atoms with Gasteiger partial charge in [-0.2, -0.15) is 0 Å². The summed E-state index contributed by atoms with van der Waals surface area (Å²) in [6.45, 7) is 0. The van der Waals surface area contributed by atoms with Crippen LogP contribution >= 0.6 is 0 Å². The molecule has 0 saturated heterocycles. The van der Waals surface area contributed by atoms with Crippen LogP contribution in [0.1, 0.15) is 5.56 Å². The normalized spacial score (nSPS) is 8.33. The first kappa shape index (κ1) is 14.8. The third-order valence-corrected chi connectivity index (χ3v) is 1.17. The van der Waals surface area contributed by atoms with Crippen LogP contribution in [-0.2, 0) is 23.4 Å². The average molecular weight is 421 g/mol. The van der Waals surface area contributed by atoms with Crippen LogP contribution in [0.25, 0.3) is 6.08 Å². The maximum atomic E-state index is 9.89. The molecule has 3 heteroatoms. The van der Waals surface area contributed by atoms with Gasteiger partial charge in [0.1, 0.15) is 6.29 Å². The van der Waals surface area contributed by atoms with E-state index in [9.17, 15) is 4.79 Å². The SMILES string of the molecule is O=CC=Cc1ccccc1.[U].[V]. The zero-order valence-corrected chi connectivity index (χ0v) is 12.0. The van der Waals surface area contributed by atoms with Gasteiger partial charge < -0.3 is 0 Å². The maximum absolute atomic E-state index is 9.89. The molecule has 0 bridgehead atoms. The minimum Gasteiger partial charge on any atom is -0.299 e. The second-order valence-electron chi connectivity index (χ2n) is 1.91. The van der Waals surface area contributed by atoms with Crippen LogP contribution in [0.2, 0.25) is 0 Å². The molecule has 0 atom stereocenters. The summed E-state index contributed by atoms with van der Waals surface area (Å²) in [6, 6.07) is 9.70. The Morgan fingerprint density at radius 2 is 1.67 bits per heavy atom. The van der Waals surface area contributed by atoms with Crippen molar-refractivity contribution in [2.45, 2.75) is 0 Å². The van der Waals surface area contributed by atoms with Gasteiger partial charge in [-0.1, -0.05) is 36.4 Å². The minimum absolute atomic E-state index is 0. The fraction of sp³-hybridized carbons (Fsp3) is 0. The second kappa shape index (κ2) is 9.36. The molecule has 0 unspecified atom stereocenters. The number of rotatable bonds is 2. The van der Waals surface area contributed by atoms with E-state index in [0.717, 1.165) is 11.8 Å². The number of hydrogen-bond acceptors (Lipinski definition) is 1. The quantitative estimate of drug-likeness (QED) is 0.527. The van der Waals surface area contributed by atoms with E-state index in [1.807, 2.05) is 30.3 Å².